The highest BCUT2D eigenvalue weighted by Gasteiger charge is 2.62. The maximum Gasteiger partial charge on any atom is 0.434 e. The summed E-state index contributed by atoms with van der Waals surface area (Å²) in [4.78, 5) is 57.4. The number of benzene rings is 1. The number of nitrogens with one attached hydrogen (secondary N) is 1. The highest BCUT2D eigenvalue weighted by Crippen LogP contribution is 2.58. The van der Waals surface area contributed by atoms with E-state index in [1.165, 1.54) is 12.4 Å². The fourth-order valence-electron chi connectivity index (χ4n) is 10.7. The summed E-state index contributed by atoms with van der Waals surface area (Å²) in [5.74, 6) is -5.36. The van der Waals surface area contributed by atoms with Gasteiger partial charge >= 0.3 is 12.1 Å². The summed E-state index contributed by atoms with van der Waals surface area (Å²) < 4.78 is 81.2. The molecule has 0 spiro atoms. The molecule has 4 bridgehead atoms. The molecule has 0 atom stereocenters. The van der Waals surface area contributed by atoms with Gasteiger partial charge < -0.3 is 24.6 Å². The second kappa shape index (κ2) is 14.3. The van der Waals surface area contributed by atoms with Crippen LogP contribution in [0.5, 0.6) is 5.75 Å². The molecule has 0 unspecified atom stereocenters. The molecule has 12 nitrogen and oxygen atoms in total. The van der Waals surface area contributed by atoms with Crippen LogP contribution < -0.4 is 10.1 Å². The molecule has 306 valence electrons. The number of halogens is 5. The number of piperidine rings is 1. The number of nitrogens with zero attached hydrogens (tertiary/aromatic N) is 6. The average Bonchev–Trinajstić information content (AvgIpc) is 3.57. The second-order valence-corrected chi connectivity index (χ2v) is 16.8. The number of alkyl halides is 5. The van der Waals surface area contributed by atoms with E-state index in [1.807, 2.05) is 0 Å². The lowest BCUT2D eigenvalue weighted by molar-refractivity contribution is -0.163. The summed E-state index contributed by atoms with van der Waals surface area (Å²) in [7, 11) is 0. The van der Waals surface area contributed by atoms with Crippen molar-refractivity contribution in [1.82, 2.24) is 34.7 Å². The van der Waals surface area contributed by atoms with Crippen LogP contribution in [0.15, 0.2) is 49.1 Å². The van der Waals surface area contributed by atoms with Crippen molar-refractivity contribution in [2.45, 2.75) is 100 Å². The number of ether oxygens (including phenoxy) is 1. The molecule has 3 aromatic heterocycles. The fourth-order valence-corrected chi connectivity index (χ4v) is 10.7. The van der Waals surface area contributed by atoms with E-state index in [1.54, 1.807) is 39.9 Å². The molecule has 6 aliphatic rings. The summed E-state index contributed by atoms with van der Waals surface area (Å²) in [5.41, 5.74) is -3.32. The molecule has 2 N–H and O–H groups in total. The predicted molar refractivity (Wildman–Crippen MR) is 197 cm³/mol. The van der Waals surface area contributed by atoms with E-state index in [9.17, 15) is 41.4 Å². The van der Waals surface area contributed by atoms with Crippen molar-refractivity contribution < 1.29 is 46.2 Å². The number of carbonyl (C=O) groups excluding carboxylic acids is 2. The number of carboxylic acid groups (broad SMARTS) is 1. The lowest BCUT2D eigenvalue weighted by Crippen LogP contribution is -2.70. The van der Waals surface area contributed by atoms with Crippen LogP contribution in [0, 0.1) is 23.7 Å². The van der Waals surface area contributed by atoms with Crippen molar-refractivity contribution in [3.05, 3.63) is 66.1 Å². The molecular formula is C41H42F5N7O5. The lowest BCUT2D eigenvalue weighted by atomic mass is 9.48. The number of amides is 2. The molecular weight excluding hydrogens is 765 g/mol. The first-order valence-electron chi connectivity index (χ1n) is 19.9. The van der Waals surface area contributed by atoms with E-state index in [2.05, 4.69) is 25.3 Å². The van der Waals surface area contributed by atoms with Gasteiger partial charge in [0, 0.05) is 86.6 Å². The number of hydrogen-bond donors (Lipinski definition) is 2. The van der Waals surface area contributed by atoms with E-state index >= 15 is 0 Å². The third-order valence-electron chi connectivity index (χ3n) is 13.3. The Labute approximate surface area is 329 Å². The summed E-state index contributed by atoms with van der Waals surface area (Å²) in [6.45, 7) is 0.820. The molecule has 5 saturated carbocycles. The summed E-state index contributed by atoms with van der Waals surface area (Å²) in [6.07, 6.45) is 4.00. The summed E-state index contributed by atoms with van der Waals surface area (Å²) in [6, 6.07) is 6.29. The molecule has 1 aliphatic heterocycles. The van der Waals surface area contributed by atoms with Crippen molar-refractivity contribution >= 4 is 28.7 Å². The molecule has 0 radical (unpaired) electrons. The summed E-state index contributed by atoms with van der Waals surface area (Å²) >= 11 is 0. The molecule has 5 aliphatic carbocycles. The zero-order chi connectivity index (χ0) is 40.6. The van der Waals surface area contributed by atoms with Gasteiger partial charge in [-0.15, -0.1) is 0 Å². The van der Waals surface area contributed by atoms with Crippen molar-refractivity contribution in [3.63, 3.8) is 0 Å². The lowest BCUT2D eigenvalue weighted by Gasteiger charge is -2.59. The minimum Gasteiger partial charge on any atom is -0.490 e. The molecule has 6 fully saturated rings. The van der Waals surface area contributed by atoms with Gasteiger partial charge in [0.15, 0.2) is 11.5 Å². The molecule has 4 heterocycles. The number of aliphatic carboxylic acids is 1. The van der Waals surface area contributed by atoms with E-state index < -0.39 is 46.8 Å². The Morgan fingerprint density at radius 1 is 0.897 bits per heavy atom. The van der Waals surface area contributed by atoms with Gasteiger partial charge in [0.05, 0.1) is 11.1 Å². The second-order valence-electron chi connectivity index (χ2n) is 16.8. The topological polar surface area (TPSA) is 152 Å². The van der Waals surface area contributed by atoms with Crippen molar-refractivity contribution in [3.8, 4) is 17.1 Å². The standard InChI is InChI=1S/C41H42F5N7O5/c42-39(43)8-4-26(5-9-39)53-21-31(29-3-2-28(19-32(29)53)58-27-6-12-52(13-7-27)37(55)35-47-10-1-11-48-35)34-49-20-30(33(50-34)41(44,45)46)36(54)51-40(38(56)57)24-15-22-14-23(17-24)18-25(40)16-22/h1-3,10-11,19-27H,4-9,12-18H2,(H,51,54)(H,56,57). The van der Waals surface area contributed by atoms with Crippen LogP contribution in [-0.4, -0.2) is 82.9 Å². The van der Waals surface area contributed by atoms with Crippen LogP contribution in [0.4, 0.5) is 22.0 Å². The van der Waals surface area contributed by atoms with Gasteiger partial charge in [0.1, 0.15) is 17.4 Å². The summed E-state index contributed by atoms with van der Waals surface area (Å²) in [5, 5.41) is 13.5. The molecule has 10 rings (SSSR count). The smallest absolute Gasteiger partial charge is 0.434 e. The van der Waals surface area contributed by atoms with Crippen LogP contribution in [0.25, 0.3) is 22.3 Å². The van der Waals surface area contributed by atoms with Crippen LogP contribution in [0.3, 0.4) is 0 Å². The van der Waals surface area contributed by atoms with Gasteiger partial charge in [-0.2, -0.15) is 13.2 Å². The number of hydrogen-bond acceptors (Lipinski definition) is 8. The zero-order valence-corrected chi connectivity index (χ0v) is 31.4. The highest BCUT2D eigenvalue weighted by molar-refractivity contribution is 6.00. The van der Waals surface area contributed by atoms with Gasteiger partial charge in [-0.3, -0.25) is 9.59 Å². The largest absolute Gasteiger partial charge is 0.490 e. The normalized spacial score (nSPS) is 27.2. The van der Waals surface area contributed by atoms with E-state index in [-0.39, 0.29) is 66.7 Å². The Kier molecular flexibility index (Phi) is 9.41. The SMILES string of the molecule is O=C(NC1(C(=O)O)C2CC3CC(C2)CC1C3)c1cnc(-c2cn(C3CCC(F)(F)CC3)c3cc(OC4CCN(C(=O)c5ncccn5)CC4)ccc23)nc1C(F)(F)F. The minimum absolute atomic E-state index is 0.109. The minimum atomic E-state index is -5.10. The molecule has 17 heteroatoms. The quantitative estimate of drug-likeness (QED) is 0.174. The van der Waals surface area contributed by atoms with Gasteiger partial charge in [-0.1, -0.05) is 0 Å². The number of carboxylic acids is 1. The Bertz CT molecular complexity index is 2220. The zero-order valence-electron chi connectivity index (χ0n) is 31.4. The molecule has 1 aromatic carbocycles. The maximum atomic E-state index is 14.8. The predicted octanol–water partition coefficient (Wildman–Crippen LogP) is 7.35. The first-order chi connectivity index (χ1) is 27.7. The number of likely N-dealkylation sites (tertiary alicyclic amines) is 1. The van der Waals surface area contributed by atoms with E-state index in [4.69, 9.17) is 4.74 Å². The van der Waals surface area contributed by atoms with E-state index in [0.717, 1.165) is 12.6 Å². The average molecular weight is 808 g/mol. The van der Waals surface area contributed by atoms with Crippen molar-refractivity contribution in [1.29, 1.82) is 0 Å². The number of aromatic nitrogens is 5. The Morgan fingerprint density at radius 2 is 1.55 bits per heavy atom. The fraction of sp³-hybridized carbons (Fsp3) is 0.537. The number of rotatable bonds is 8. The molecule has 4 aromatic rings. The third-order valence-corrected chi connectivity index (χ3v) is 13.3. The van der Waals surface area contributed by atoms with Crippen LogP contribution in [0.1, 0.15) is 103 Å². The monoisotopic (exact) mass is 807 g/mol. The van der Waals surface area contributed by atoms with Gasteiger partial charge in [-0.05, 0) is 86.8 Å². The van der Waals surface area contributed by atoms with Gasteiger partial charge in [-0.25, -0.2) is 33.5 Å². The Morgan fingerprint density at radius 3 is 2.17 bits per heavy atom. The van der Waals surface area contributed by atoms with Crippen LogP contribution in [0.2, 0.25) is 0 Å². The van der Waals surface area contributed by atoms with E-state index in [0.29, 0.717) is 80.1 Å². The van der Waals surface area contributed by atoms with Gasteiger partial charge in [0.2, 0.25) is 11.7 Å². The Hall–Kier alpha value is -5.22. The third kappa shape index (κ3) is 6.83. The number of fused-ring (bicyclic) bond motifs is 1. The molecule has 1 saturated heterocycles. The molecule has 58 heavy (non-hydrogen) atoms. The first-order valence-corrected chi connectivity index (χ1v) is 19.9. The highest BCUT2D eigenvalue weighted by atomic mass is 19.4. The Balaban J connectivity index is 1.01. The first kappa shape index (κ1) is 38.3. The number of carbonyl (C=O) groups is 3. The van der Waals surface area contributed by atoms with Crippen molar-refractivity contribution in [2.24, 2.45) is 23.7 Å². The van der Waals surface area contributed by atoms with Crippen molar-refractivity contribution in [2.75, 3.05) is 13.1 Å². The van der Waals surface area contributed by atoms with Gasteiger partial charge in [0.25, 0.3) is 11.8 Å². The van der Waals surface area contributed by atoms with Crippen LogP contribution >= 0.6 is 0 Å². The maximum absolute atomic E-state index is 14.8. The van der Waals surface area contributed by atoms with Crippen LogP contribution in [-0.2, 0) is 11.0 Å². The molecule has 2 amide bonds.